The van der Waals surface area contributed by atoms with Gasteiger partial charge in [-0.1, -0.05) is 0 Å². The van der Waals surface area contributed by atoms with Gasteiger partial charge in [0.05, 0.1) is 7.11 Å². The highest BCUT2D eigenvalue weighted by molar-refractivity contribution is 5.68. The molecule has 2 aliphatic heterocycles. The molecule has 78 valence electrons. The lowest BCUT2D eigenvalue weighted by molar-refractivity contribution is -0.117. The van der Waals surface area contributed by atoms with Crippen LogP contribution in [-0.2, 0) is 9.53 Å². The molecule has 0 bridgehead atoms. The smallest absolute Gasteiger partial charge is 0.409 e. The molecule has 0 radical (unpaired) electrons. The fourth-order valence-electron chi connectivity index (χ4n) is 2.39. The topological polar surface area (TPSA) is 49.9 Å². The number of hydrogen-bond donors (Lipinski definition) is 0. The summed E-state index contributed by atoms with van der Waals surface area (Å²) in [6.07, 6.45) is 0.637. The molecule has 5 heteroatoms. The number of ether oxygens (including phenoxy) is 1. The quantitative estimate of drug-likeness (QED) is 0.547. The van der Waals surface area contributed by atoms with Crippen molar-refractivity contribution in [3.05, 3.63) is 0 Å². The number of rotatable bonds is 1. The standard InChI is InChI=1S/C9H14N2O3/c1-14-9(13)11-4-7-2-10(6-12)3-8(7)5-11/h6-8H,2-5H2,1H3. The summed E-state index contributed by atoms with van der Waals surface area (Å²) >= 11 is 0. The lowest BCUT2D eigenvalue weighted by atomic mass is 10.0. The molecule has 2 atom stereocenters. The molecule has 2 unspecified atom stereocenters. The van der Waals surface area contributed by atoms with E-state index in [4.69, 9.17) is 0 Å². The Morgan fingerprint density at radius 2 is 1.86 bits per heavy atom. The van der Waals surface area contributed by atoms with Crippen LogP contribution in [0.4, 0.5) is 4.79 Å². The Morgan fingerprint density at radius 3 is 2.29 bits per heavy atom. The number of amides is 2. The molecule has 0 aromatic heterocycles. The van der Waals surface area contributed by atoms with Gasteiger partial charge >= 0.3 is 6.09 Å². The van der Waals surface area contributed by atoms with Crippen LogP contribution < -0.4 is 0 Å². The Morgan fingerprint density at radius 1 is 1.29 bits per heavy atom. The number of carbonyl (C=O) groups is 2. The molecule has 2 rings (SSSR count). The van der Waals surface area contributed by atoms with Gasteiger partial charge in [-0.15, -0.1) is 0 Å². The molecule has 0 aliphatic carbocycles. The molecule has 0 spiro atoms. The van der Waals surface area contributed by atoms with Crippen LogP contribution in [0.5, 0.6) is 0 Å². The fourth-order valence-corrected chi connectivity index (χ4v) is 2.39. The van der Waals surface area contributed by atoms with Crippen LogP contribution in [0.1, 0.15) is 0 Å². The minimum absolute atomic E-state index is 0.253. The van der Waals surface area contributed by atoms with E-state index in [1.165, 1.54) is 7.11 Å². The first-order valence-electron chi connectivity index (χ1n) is 4.77. The summed E-state index contributed by atoms with van der Waals surface area (Å²) in [4.78, 5) is 25.2. The van der Waals surface area contributed by atoms with Crippen molar-refractivity contribution in [1.82, 2.24) is 9.80 Å². The average Bonchev–Trinajstić information content (AvgIpc) is 2.72. The third-order valence-corrected chi connectivity index (χ3v) is 3.10. The van der Waals surface area contributed by atoms with E-state index in [-0.39, 0.29) is 6.09 Å². The first-order valence-corrected chi connectivity index (χ1v) is 4.77. The van der Waals surface area contributed by atoms with Gasteiger partial charge in [-0.3, -0.25) is 4.79 Å². The van der Waals surface area contributed by atoms with E-state index < -0.39 is 0 Å². The van der Waals surface area contributed by atoms with Crippen molar-refractivity contribution in [2.45, 2.75) is 0 Å². The first kappa shape index (κ1) is 9.30. The van der Waals surface area contributed by atoms with Crippen LogP contribution in [0.25, 0.3) is 0 Å². The molecule has 2 amide bonds. The van der Waals surface area contributed by atoms with Gasteiger partial charge in [0.15, 0.2) is 0 Å². The number of hydrogen-bond acceptors (Lipinski definition) is 3. The first-order chi connectivity index (χ1) is 6.74. The number of nitrogens with zero attached hydrogens (tertiary/aromatic N) is 2. The van der Waals surface area contributed by atoms with Crippen LogP contribution in [-0.4, -0.2) is 55.6 Å². The van der Waals surface area contributed by atoms with Gasteiger partial charge in [-0.25, -0.2) is 4.79 Å². The molecule has 2 heterocycles. The van der Waals surface area contributed by atoms with Gasteiger partial charge in [-0.2, -0.15) is 0 Å². The van der Waals surface area contributed by atoms with Crippen molar-refractivity contribution in [3.63, 3.8) is 0 Å². The molecule has 2 fully saturated rings. The maximum atomic E-state index is 11.2. The second kappa shape index (κ2) is 3.48. The van der Waals surface area contributed by atoms with Crippen molar-refractivity contribution in [1.29, 1.82) is 0 Å². The van der Waals surface area contributed by atoms with Gasteiger partial charge in [0.1, 0.15) is 0 Å². The molecule has 5 nitrogen and oxygen atoms in total. The molecule has 14 heavy (non-hydrogen) atoms. The summed E-state index contributed by atoms with van der Waals surface area (Å²) in [5.74, 6) is 0.888. The minimum atomic E-state index is -0.253. The number of methoxy groups -OCH3 is 1. The minimum Gasteiger partial charge on any atom is -0.453 e. The van der Waals surface area contributed by atoms with Crippen LogP contribution in [0.2, 0.25) is 0 Å². The zero-order valence-electron chi connectivity index (χ0n) is 8.18. The molecule has 2 aliphatic rings. The Balaban J connectivity index is 1.93. The van der Waals surface area contributed by atoms with Gasteiger partial charge in [0, 0.05) is 38.0 Å². The van der Waals surface area contributed by atoms with Crippen molar-refractivity contribution < 1.29 is 14.3 Å². The van der Waals surface area contributed by atoms with Crippen LogP contribution >= 0.6 is 0 Å². The normalized spacial score (nSPS) is 30.4. The molecular formula is C9H14N2O3. The van der Waals surface area contributed by atoms with Gasteiger partial charge in [0.25, 0.3) is 0 Å². The third-order valence-electron chi connectivity index (χ3n) is 3.10. The Kier molecular flexibility index (Phi) is 2.31. The van der Waals surface area contributed by atoms with E-state index in [0.29, 0.717) is 11.8 Å². The van der Waals surface area contributed by atoms with E-state index in [1.807, 2.05) is 0 Å². The molecular weight excluding hydrogens is 184 g/mol. The van der Waals surface area contributed by atoms with Gasteiger partial charge in [-0.05, 0) is 0 Å². The zero-order chi connectivity index (χ0) is 10.1. The van der Waals surface area contributed by atoms with E-state index >= 15 is 0 Å². The molecule has 0 aromatic carbocycles. The highest BCUT2D eigenvalue weighted by Gasteiger charge is 2.41. The van der Waals surface area contributed by atoms with E-state index in [1.54, 1.807) is 9.80 Å². The summed E-state index contributed by atoms with van der Waals surface area (Å²) in [7, 11) is 1.40. The van der Waals surface area contributed by atoms with Gasteiger partial charge in [0.2, 0.25) is 6.41 Å². The summed E-state index contributed by atoms with van der Waals surface area (Å²) in [5, 5.41) is 0. The highest BCUT2D eigenvalue weighted by Crippen LogP contribution is 2.30. The number of fused-ring (bicyclic) bond motifs is 1. The highest BCUT2D eigenvalue weighted by atomic mass is 16.5. The Bertz CT molecular complexity index is 242. The molecule has 0 aromatic rings. The monoisotopic (exact) mass is 198 g/mol. The second-order valence-electron chi connectivity index (χ2n) is 3.95. The van der Waals surface area contributed by atoms with Crippen molar-refractivity contribution in [2.24, 2.45) is 11.8 Å². The van der Waals surface area contributed by atoms with Crippen molar-refractivity contribution >= 4 is 12.5 Å². The SMILES string of the molecule is COC(=O)N1CC2CN(C=O)CC2C1. The summed E-state index contributed by atoms with van der Waals surface area (Å²) < 4.78 is 4.66. The molecule has 0 saturated carbocycles. The summed E-state index contributed by atoms with van der Waals surface area (Å²) in [6, 6.07) is 0. The zero-order valence-corrected chi connectivity index (χ0v) is 8.18. The average molecular weight is 198 g/mol. The Hall–Kier alpha value is -1.26. The Labute approximate surface area is 82.6 Å². The van der Waals surface area contributed by atoms with Crippen LogP contribution in [0, 0.1) is 11.8 Å². The largest absolute Gasteiger partial charge is 0.453 e. The predicted octanol–water partition coefficient (Wildman–Crippen LogP) is -0.227. The molecule has 0 N–H and O–H groups in total. The maximum absolute atomic E-state index is 11.2. The fraction of sp³-hybridized carbons (Fsp3) is 0.778. The predicted molar refractivity (Wildman–Crippen MR) is 48.6 cm³/mol. The van der Waals surface area contributed by atoms with Crippen LogP contribution in [0.3, 0.4) is 0 Å². The molecule has 2 saturated heterocycles. The third kappa shape index (κ3) is 1.42. The number of carbonyl (C=O) groups excluding carboxylic acids is 2. The lowest BCUT2D eigenvalue weighted by Crippen LogP contribution is -2.32. The second-order valence-corrected chi connectivity index (χ2v) is 3.95. The summed E-state index contributed by atoms with van der Waals surface area (Å²) in [5.41, 5.74) is 0. The van der Waals surface area contributed by atoms with E-state index in [2.05, 4.69) is 4.74 Å². The lowest BCUT2D eigenvalue weighted by Gasteiger charge is -2.17. The van der Waals surface area contributed by atoms with E-state index in [9.17, 15) is 9.59 Å². The summed E-state index contributed by atoms with van der Waals surface area (Å²) in [6.45, 7) is 3.01. The van der Waals surface area contributed by atoms with E-state index in [0.717, 1.165) is 32.6 Å². The van der Waals surface area contributed by atoms with Crippen molar-refractivity contribution in [2.75, 3.05) is 33.3 Å². The number of likely N-dealkylation sites (tertiary alicyclic amines) is 2. The van der Waals surface area contributed by atoms with Crippen LogP contribution in [0.15, 0.2) is 0 Å². The van der Waals surface area contributed by atoms with Gasteiger partial charge < -0.3 is 14.5 Å². The van der Waals surface area contributed by atoms with Crippen molar-refractivity contribution in [3.8, 4) is 0 Å². The maximum Gasteiger partial charge on any atom is 0.409 e.